The molecule has 0 heterocycles. The fourth-order valence-corrected chi connectivity index (χ4v) is 2.63. The monoisotopic (exact) mass is 374 g/mol. The van der Waals surface area contributed by atoms with Gasteiger partial charge < -0.3 is 14.2 Å². The van der Waals surface area contributed by atoms with Crippen molar-refractivity contribution >= 4 is 16.1 Å². The molecule has 1 aromatic carbocycles. The molecule has 0 N–H and O–H groups in total. The van der Waals surface area contributed by atoms with Gasteiger partial charge in [0, 0.05) is 6.42 Å². The van der Waals surface area contributed by atoms with E-state index in [0.29, 0.717) is 31.1 Å². The van der Waals surface area contributed by atoms with Crippen LogP contribution in [0.4, 0.5) is 0 Å². The quantitative estimate of drug-likeness (QED) is 0.459. The molecule has 0 aliphatic carbocycles. The van der Waals surface area contributed by atoms with Gasteiger partial charge in [-0.25, -0.2) is 4.79 Å². The predicted octanol–water partition coefficient (Wildman–Crippen LogP) is 2.54. The van der Waals surface area contributed by atoms with Gasteiger partial charge >= 0.3 is 5.97 Å². The molecular weight excluding hydrogens is 348 g/mol. The van der Waals surface area contributed by atoms with Crippen LogP contribution < -0.4 is 9.47 Å². The molecule has 0 saturated heterocycles. The maximum atomic E-state index is 11.8. The lowest BCUT2D eigenvalue weighted by molar-refractivity contribution is -0.158. The van der Waals surface area contributed by atoms with E-state index in [-0.39, 0.29) is 0 Å². The number of hydrogen-bond donors (Lipinski definition) is 0. The summed E-state index contributed by atoms with van der Waals surface area (Å²) in [5, 5.41) is 0. The van der Waals surface area contributed by atoms with Crippen LogP contribution in [-0.2, 0) is 23.8 Å². The largest absolute Gasteiger partial charge is 0.493 e. The Labute approximate surface area is 149 Å². The smallest absolute Gasteiger partial charge is 0.349 e. The van der Waals surface area contributed by atoms with E-state index in [2.05, 4.69) is 0 Å². The Kier molecular flexibility index (Phi) is 7.69. The predicted molar refractivity (Wildman–Crippen MR) is 93.3 cm³/mol. The van der Waals surface area contributed by atoms with Crippen LogP contribution in [0.1, 0.15) is 34.1 Å². The van der Waals surface area contributed by atoms with Gasteiger partial charge in [-0.3, -0.25) is 4.18 Å². The molecule has 1 rings (SSSR count). The van der Waals surface area contributed by atoms with Gasteiger partial charge in [0.2, 0.25) is 0 Å². The van der Waals surface area contributed by atoms with Crippen molar-refractivity contribution < 1.29 is 31.6 Å². The lowest BCUT2D eigenvalue weighted by atomic mass is 10.1. The molecule has 7 nitrogen and oxygen atoms in total. The lowest BCUT2D eigenvalue weighted by Gasteiger charge is -2.24. The number of esters is 1. The van der Waals surface area contributed by atoms with Crippen molar-refractivity contribution in [1.82, 2.24) is 0 Å². The molecule has 0 fully saturated rings. The Morgan fingerprint density at radius 3 is 2.24 bits per heavy atom. The number of ether oxygens (including phenoxy) is 3. The summed E-state index contributed by atoms with van der Waals surface area (Å²) in [7, 11) is -3.46. The van der Waals surface area contributed by atoms with Crippen LogP contribution >= 0.6 is 0 Å². The maximum absolute atomic E-state index is 11.8. The molecule has 142 valence electrons. The standard InChI is InChI=1S/C17H26O7S/c1-6-21-16(18)17(3,4)23-15-9-7-14(8-10-15)22-12-11-13(2)24-25(5,19)20/h7-10,13H,6,11-12H2,1-5H3/t13-/m0/s1. The third-order valence-corrected chi connectivity index (χ3v) is 3.77. The zero-order valence-corrected chi connectivity index (χ0v) is 16.1. The van der Waals surface area contributed by atoms with Crippen LogP contribution in [0.3, 0.4) is 0 Å². The Balaban J connectivity index is 2.50. The highest BCUT2D eigenvalue weighted by molar-refractivity contribution is 7.86. The molecule has 0 saturated carbocycles. The first kappa shape index (κ1) is 21.2. The van der Waals surface area contributed by atoms with Crippen LogP contribution in [-0.4, -0.2) is 45.6 Å². The minimum atomic E-state index is -3.46. The first-order chi connectivity index (χ1) is 11.5. The second-order valence-corrected chi connectivity index (χ2v) is 7.65. The average molecular weight is 374 g/mol. The van der Waals surface area contributed by atoms with Gasteiger partial charge in [-0.1, -0.05) is 0 Å². The third kappa shape index (κ3) is 8.22. The van der Waals surface area contributed by atoms with E-state index in [4.69, 9.17) is 18.4 Å². The van der Waals surface area contributed by atoms with Gasteiger partial charge in [0.25, 0.3) is 10.1 Å². The highest BCUT2D eigenvalue weighted by atomic mass is 32.2. The van der Waals surface area contributed by atoms with Crippen LogP contribution in [0, 0.1) is 0 Å². The second-order valence-electron chi connectivity index (χ2n) is 6.05. The molecule has 25 heavy (non-hydrogen) atoms. The van der Waals surface area contributed by atoms with Crippen LogP contribution in [0.5, 0.6) is 11.5 Å². The Bertz CT molecular complexity index is 650. The van der Waals surface area contributed by atoms with Crippen molar-refractivity contribution in [3.8, 4) is 11.5 Å². The summed E-state index contributed by atoms with van der Waals surface area (Å²) in [4.78, 5) is 11.8. The van der Waals surface area contributed by atoms with E-state index in [1.165, 1.54) is 0 Å². The first-order valence-electron chi connectivity index (χ1n) is 8.01. The van der Waals surface area contributed by atoms with E-state index in [1.54, 1.807) is 52.0 Å². The summed E-state index contributed by atoms with van der Waals surface area (Å²) >= 11 is 0. The fraction of sp³-hybridized carbons (Fsp3) is 0.588. The van der Waals surface area contributed by atoms with Crippen molar-refractivity contribution in [2.75, 3.05) is 19.5 Å². The molecule has 0 amide bonds. The van der Waals surface area contributed by atoms with Gasteiger partial charge in [-0.05, 0) is 52.0 Å². The minimum absolute atomic E-state index is 0.292. The summed E-state index contributed by atoms with van der Waals surface area (Å²) in [5.41, 5.74) is -1.09. The van der Waals surface area contributed by atoms with Gasteiger partial charge in [-0.2, -0.15) is 8.42 Å². The molecule has 0 radical (unpaired) electrons. The SMILES string of the molecule is CCOC(=O)C(C)(C)Oc1ccc(OCC[C@H](C)OS(C)(=O)=O)cc1. The molecule has 1 aromatic rings. The summed E-state index contributed by atoms with van der Waals surface area (Å²) in [6, 6.07) is 6.79. The zero-order valence-electron chi connectivity index (χ0n) is 15.3. The number of rotatable bonds is 10. The molecule has 0 bridgehead atoms. The highest BCUT2D eigenvalue weighted by Crippen LogP contribution is 2.23. The Hall–Kier alpha value is -1.80. The van der Waals surface area contributed by atoms with Crippen molar-refractivity contribution in [2.45, 2.75) is 45.8 Å². The lowest BCUT2D eigenvalue weighted by Crippen LogP contribution is -2.39. The number of hydrogen-bond acceptors (Lipinski definition) is 7. The second kappa shape index (κ2) is 9.05. The fourth-order valence-electron chi connectivity index (χ4n) is 1.93. The molecule has 8 heteroatoms. The van der Waals surface area contributed by atoms with E-state index in [9.17, 15) is 13.2 Å². The average Bonchev–Trinajstić information content (AvgIpc) is 2.47. The summed E-state index contributed by atoms with van der Waals surface area (Å²) in [5.74, 6) is 0.683. The van der Waals surface area contributed by atoms with Crippen LogP contribution in [0.25, 0.3) is 0 Å². The van der Waals surface area contributed by atoms with E-state index in [1.807, 2.05) is 0 Å². The van der Waals surface area contributed by atoms with Crippen LogP contribution in [0.2, 0.25) is 0 Å². The van der Waals surface area contributed by atoms with E-state index in [0.717, 1.165) is 6.26 Å². The Morgan fingerprint density at radius 2 is 1.72 bits per heavy atom. The summed E-state index contributed by atoms with van der Waals surface area (Å²) in [6.45, 7) is 7.28. The Morgan fingerprint density at radius 1 is 1.16 bits per heavy atom. The number of carbonyl (C=O) groups excluding carboxylic acids is 1. The van der Waals surface area contributed by atoms with Crippen molar-refractivity contribution in [3.63, 3.8) is 0 Å². The number of benzene rings is 1. The van der Waals surface area contributed by atoms with E-state index < -0.39 is 27.8 Å². The highest BCUT2D eigenvalue weighted by Gasteiger charge is 2.31. The molecule has 0 aliphatic rings. The molecule has 0 unspecified atom stereocenters. The normalized spacial score (nSPS) is 13.2. The summed E-state index contributed by atoms with van der Waals surface area (Å²) in [6.07, 6.45) is 0.991. The molecule has 1 atom stereocenters. The number of carbonyl (C=O) groups is 1. The van der Waals surface area contributed by atoms with Gasteiger partial charge in [0.05, 0.1) is 25.6 Å². The van der Waals surface area contributed by atoms with Gasteiger partial charge in [-0.15, -0.1) is 0 Å². The van der Waals surface area contributed by atoms with Crippen LogP contribution in [0.15, 0.2) is 24.3 Å². The summed E-state index contributed by atoms with van der Waals surface area (Å²) < 4.78 is 43.0. The molecule has 0 aromatic heterocycles. The van der Waals surface area contributed by atoms with Crippen molar-refractivity contribution in [2.24, 2.45) is 0 Å². The van der Waals surface area contributed by atoms with Crippen molar-refractivity contribution in [3.05, 3.63) is 24.3 Å². The third-order valence-electron chi connectivity index (χ3n) is 3.10. The van der Waals surface area contributed by atoms with Crippen molar-refractivity contribution in [1.29, 1.82) is 0 Å². The van der Waals surface area contributed by atoms with E-state index >= 15 is 0 Å². The van der Waals surface area contributed by atoms with Gasteiger partial charge in [0.15, 0.2) is 5.60 Å². The minimum Gasteiger partial charge on any atom is -0.493 e. The molecule has 0 aliphatic heterocycles. The first-order valence-corrected chi connectivity index (χ1v) is 9.82. The molecule has 0 spiro atoms. The zero-order chi connectivity index (χ0) is 19.1. The molecular formula is C17H26O7S. The van der Waals surface area contributed by atoms with Gasteiger partial charge in [0.1, 0.15) is 11.5 Å². The maximum Gasteiger partial charge on any atom is 0.349 e. The topological polar surface area (TPSA) is 88.1 Å².